The van der Waals surface area contributed by atoms with Crippen LogP contribution in [0.25, 0.3) is 0 Å². The van der Waals surface area contributed by atoms with Crippen molar-refractivity contribution in [2.45, 2.75) is 6.92 Å². The third-order valence-electron chi connectivity index (χ3n) is 3.66. The molecular weight excluding hydrogens is 386 g/mol. The van der Waals surface area contributed by atoms with Gasteiger partial charge >= 0.3 is 0 Å². The zero-order valence-corrected chi connectivity index (χ0v) is 16.5. The molecule has 0 heterocycles. The molecule has 128 valence electrons. The second-order valence-corrected chi connectivity index (χ2v) is 6.73. The van der Waals surface area contributed by atoms with Gasteiger partial charge in [0.2, 0.25) is 0 Å². The Kier molecular flexibility index (Phi) is 6.87. The van der Waals surface area contributed by atoms with Crippen molar-refractivity contribution in [3.8, 4) is 5.75 Å². The van der Waals surface area contributed by atoms with Gasteiger partial charge in [-0.15, -0.1) is 0 Å². The first-order chi connectivity index (χ1) is 11.5. The summed E-state index contributed by atoms with van der Waals surface area (Å²) in [5.74, 6) is 0.862. The summed E-state index contributed by atoms with van der Waals surface area (Å²) in [4.78, 5) is 2.17. The van der Waals surface area contributed by atoms with Crippen molar-refractivity contribution >= 4 is 44.6 Å². The third-order valence-corrected chi connectivity index (χ3v) is 4.80. The Bertz CT molecular complexity index is 691. The van der Waals surface area contributed by atoms with Crippen LogP contribution in [0.15, 0.2) is 46.9 Å². The number of aryl methyl sites for hydroxylation is 1. The predicted octanol–water partition coefficient (Wildman–Crippen LogP) is 4.19. The van der Waals surface area contributed by atoms with E-state index in [1.54, 1.807) is 7.11 Å². The molecule has 0 aliphatic carbocycles. The molecule has 0 aromatic heterocycles. The van der Waals surface area contributed by atoms with Gasteiger partial charge in [-0.1, -0.05) is 15.9 Å². The van der Waals surface area contributed by atoms with Crippen LogP contribution < -0.4 is 20.3 Å². The summed E-state index contributed by atoms with van der Waals surface area (Å²) in [6.45, 7) is 3.65. The van der Waals surface area contributed by atoms with Crippen LogP contribution in [0.5, 0.6) is 5.75 Å². The maximum Gasteiger partial charge on any atom is 0.170 e. The van der Waals surface area contributed by atoms with E-state index in [4.69, 9.17) is 17.0 Å². The lowest BCUT2D eigenvalue weighted by molar-refractivity contribution is 0.415. The molecule has 0 radical (unpaired) electrons. The first-order valence-corrected chi connectivity index (χ1v) is 8.86. The number of thiocarbonyl (C=S) groups is 1. The number of benzene rings is 2. The van der Waals surface area contributed by atoms with Gasteiger partial charge in [0.15, 0.2) is 5.11 Å². The Morgan fingerprint density at radius 1 is 1.21 bits per heavy atom. The zero-order chi connectivity index (χ0) is 17.5. The van der Waals surface area contributed by atoms with Crippen LogP contribution >= 0.6 is 28.1 Å². The number of anilines is 2. The number of nitrogens with zero attached hydrogens (tertiary/aromatic N) is 1. The Balaban J connectivity index is 1.77. The summed E-state index contributed by atoms with van der Waals surface area (Å²) >= 11 is 8.84. The minimum absolute atomic E-state index is 0.625. The van der Waals surface area contributed by atoms with Gasteiger partial charge in [-0.05, 0) is 67.2 Å². The van der Waals surface area contributed by atoms with E-state index in [0.717, 1.165) is 34.7 Å². The molecule has 2 aromatic rings. The average Bonchev–Trinajstić information content (AvgIpc) is 2.58. The molecule has 4 nitrogen and oxygen atoms in total. The Morgan fingerprint density at radius 2 is 1.92 bits per heavy atom. The molecule has 0 bridgehead atoms. The molecule has 0 saturated heterocycles. The minimum atomic E-state index is 0.625. The number of ether oxygens (including phenoxy) is 1. The molecule has 6 heteroatoms. The number of hydrogen-bond donors (Lipinski definition) is 2. The van der Waals surface area contributed by atoms with Gasteiger partial charge in [0, 0.05) is 36.0 Å². The summed E-state index contributed by atoms with van der Waals surface area (Å²) in [7, 11) is 3.72. The molecule has 0 aliphatic heterocycles. The normalized spacial score (nSPS) is 10.2. The smallest absolute Gasteiger partial charge is 0.170 e. The lowest BCUT2D eigenvalue weighted by atomic mass is 10.2. The average molecular weight is 408 g/mol. The summed E-state index contributed by atoms with van der Waals surface area (Å²) in [5.41, 5.74) is 3.29. The van der Waals surface area contributed by atoms with E-state index in [2.05, 4.69) is 51.5 Å². The van der Waals surface area contributed by atoms with Gasteiger partial charge in [-0.2, -0.15) is 0 Å². The van der Waals surface area contributed by atoms with Crippen LogP contribution in [0.2, 0.25) is 0 Å². The Labute approximate surface area is 157 Å². The van der Waals surface area contributed by atoms with E-state index in [1.165, 1.54) is 5.56 Å². The Morgan fingerprint density at radius 3 is 2.54 bits per heavy atom. The van der Waals surface area contributed by atoms with Gasteiger partial charge < -0.3 is 20.3 Å². The fourth-order valence-electron chi connectivity index (χ4n) is 2.20. The van der Waals surface area contributed by atoms with Crippen molar-refractivity contribution in [2.75, 3.05) is 37.5 Å². The number of hydrogen-bond acceptors (Lipinski definition) is 3. The second kappa shape index (κ2) is 8.89. The first-order valence-electron chi connectivity index (χ1n) is 7.66. The van der Waals surface area contributed by atoms with Gasteiger partial charge in [0.25, 0.3) is 0 Å². The number of methoxy groups -OCH3 is 1. The lowest BCUT2D eigenvalue weighted by Gasteiger charge is -2.20. The third kappa shape index (κ3) is 5.39. The van der Waals surface area contributed by atoms with Gasteiger partial charge in [-0.25, -0.2) is 0 Å². The molecule has 0 saturated carbocycles. The highest BCUT2D eigenvalue weighted by Gasteiger charge is 2.03. The first kappa shape index (κ1) is 18.5. The number of likely N-dealkylation sites (N-methyl/N-ethyl adjacent to an activating group) is 1. The summed E-state index contributed by atoms with van der Waals surface area (Å²) in [5, 5.41) is 7.06. The highest BCUT2D eigenvalue weighted by molar-refractivity contribution is 9.10. The van der Waals surface area contributed by atoms with Crippen LogP contribution in [0.4, 0.5) is 11.4 Å². The van der Waals surface area contributed by atoms with Crippen molar-refractivity contribution in [2.24, 2.45) is 0 Å². The van der Waals surface area contributed by atoms with Crippen LogP contribution in [-0.4, -0.2) is 32.4 Å². The van der Waals surface area contributed by atoms with Crippen molar-refractivity contribution in [1.82, 2.24) is 5.32 Å². The van der Waals surface area contributed by atoms with E-state index in [9.17, 15) is 0 Å². The van der Waals surface area contributed by atoms with Crippen LogP contribution in [0.3, 0.4) is 0 Å². The maximum atomic E-state index is 5.34. The highest BCUT2D eigenvalue weighted by atomic mass is 79.9. The SMILES string of the molecule is COc1ccc(N(C)CCNC(=S)Nc2ccc(Br)c(C)c2)cc1. The molecule has 0 aliphatic rings. The van der Waals surface area contributed by atoms with Gasteiger partial charge in [-0.3, -0.25) is 0 Å². The number of halogens is 1. The molecule has 2 aromatic carbocycles. The van der Waals surface area contributed by atoms with Crippen LogP contribution in [-0.2, 0) is 0 Å². The van der Waals surface area contributed by atoms with E-state index in [-0.39, 0.29) is 0 Å². The zero-order valence-electron chi connectivity index (χ0n) is 14.1. The summed E-state index contributed by atoms with van der Waals surface area (Å²) < 4.78 is 6.27. The molecule has 0 amide bonds. The lowest BCUT2D eigenvalue weighted by Crippen LogP contribution is -2.35. The number of rotatable bonds is 6. The molecule has 0 fully saturated rings. The molecule has 2 N–H and O–H groups in total. The second-order valence-electron chi connectivity index (χ2n) is 5.46. The fraction of sp³-hybridized carbons (Fsp3) is 0.278. The molecule has 0 atom stereocenters. The minimum Gasteiger partial charge on any atom is -0.497 e. The van der Waals surface area contributed by atoms with E-state index < -0.39 is 0 Å². The summed E-state index contributed by atoms with van der Waals surface area (Å²) in [6, 6.07) is 14.1. The molecule has 2 rings (SSSR count). The quantitative estimate of drug-likeness (QED) is 0.702. The van der Waals surface area contributed by atoms with Gasteiger partial charge in [0.1, 0.15) is 5.75 Å². The van der Waals surface area contributed by atoms with Gasteiger partial charge in [0.05, 0.1) is 7.11 Å². The standard InChI is InChI=1S/C18H22BrN3OS/c1-13-12-14(4-9-17(13)19)21-18(24)20-10-11-22(2)15-5-7-16(23-3)8-6-15/h4-9,12H,10-11H2,1-3H3,(H2,20,21,24). The molecule has 0 unspecified atom stereocenters. The molecular formula is C18H22BrN3OS. The van der Waals surface area contributed by atoms with Crippen molar-refractivity contribution in [3.63, 3.8) is 0 Å². The van der Waals surface area contributed by atoms with E-state index >= 15 is 0 Å². The van der Waals surface area contributed by atoms with Crippen molar-refractivity contribution < 1.29 is 4.74 Å². The van der Waals surface area contributed by atoms with Crippen molar-refractivity contribution in [3.05, 3.63) is 52.5 Å². The van der Waals surface area contributed by atoms with E-state index in [0.29, 0.717) is 5.11 Å². The molecule has 24 heavy (non-hydrogen) atoms. The van der Waals surface area contributed by atoms with Crippen LogP contribution in [0.1, 0.15) is 5.56 Å². The summed E-state index contributed by atoms with van der Waals surface area (Å²) in [6.07, 6.45) is 0. The predicted molar refractivity (Wildman–Crippen MR) is 109 cm³/mol. The number of nitrogens with one attached hydrogen (secondary N) is 2. The Hall–Kier alpha value is -1.79. The highest BCUT2D eigenvalue weighted by Crippen LogP contribution is 2.20. The van der Waals surface area contributed by atoms with Crippen LogP contribution in [0, 0.1) is 6.92 Å². The van der Waals surface area contributed by atoms with E-state index in [1.807, 2.05) is 36.4 Å². The molecule has 0 spiro atoms. The van der Waals surface area contributed by atoms with Crippen molar-refractivity contribution in [1.29, 1.82) is 0 Å². The fourth-order valence-corrected chi connectivity index (χ4v) is 2.67. The largest absolute Gasteiger partial charge is 0.497 e. The maximum absolute atomic E-state index is 5.34. The topological polar surface area (TPSA) is 36.5 Å². The monoisotopic (exact) mass is 407 g/mol.